The van der Waals surface area contributed by atoms with Gasteiger partial charge in [-0.15, -0.1) is 11.3 Å². The molecule has 0 unspecified atom stereocenters. The third-order valence-corrected chi connectivity index (χ3v) is 4.77. The van der Waals surface area contributed by atoms with Crippen molar-refractivity contribution in [1.29, 1.82) is 0 Å². The summed E-state index contributed by atoms with van der Waals surface area (Å²) in [5.74, 6) is -0.0242. The van der Waals surface area contributed by atoms with E-state index in [2.05, 4.69) is 27.4 Å². The van der Waals surface area contributed by atoms with Crippen LogP contribution < -0.4 is 0 Å². The maximum Gasteiger partial charge on any atom is 0.257 e. The summed E-state index contributed by atoms with van der Waals surface area (Å²) >= 11 is 7.77. The fourth-order valence-corrected chi connectivity index (χ4v) is 3.39. The molecular formula is C15H16ClN3OS. The topological polar surface area (TPSA) is 36.4 Å². The Labute approximate surface area is 133 Å². The summed E-state index contributed by atoms with van der Waals surface area (Å²) in [7, 11) is 0. The van der Waals surface area contributed by atoms with Crippen LogP contribution in [-0.4, -0.2) is 46.9 Å². The predicted molar refractivity (Wildman–Crippen MR) is 84.7 cm³/mol. The van der Waals surface area contributed by atoms with Crippen LogP contribution >= 0.6 is 22.9 Å². The minimum atomic E-state index is -0.0242. The van der Waals surface area contributed by atoms with Crippen LogP contribution in [0.5, 0.6) is 0 Å². The van der Waals surface area contributed by atoms with Gasteiger partial charge in [-0.05, 0) is 23.6 Å². The molecule has 1 saturated heterocycles. The molecule has 0 radical (unpaired) electrons. The number of carbonyl (C=O) groups excluding carboxylic acids is 1. The van der Waals surface area contributed by atoms with Gasteiger partial charge in [0, 0.05) is 43.8 Å². The number of amides is 1. The zero-order valence-electron chi connectivity index (χ0n) is 11.5. The van der Waals surface area contributed by atoms with Crippen molar-refractivity contribution >= 4 is 28.8 Å². The molecule has 1 amide bonds. The van der Waals surface area contributed by atoms with E-state index in [0.717, 1.165) is 32.7 Å². The van der Waals surface area contributed by atoms with Gasteiger partial charge in [0.25, 0.3) is 5.91 Å². The molecule has 0 bridgehead atoms. The van der Waals surface area contributed by atoms with Crippen LogP contribution in [0.1, 0.15) is 15.2 Å². The van der Waals surface area contributed by atoms with Gasteiger partial charge in [0.1, 0.15) is 5.15 Å². The molecule has 2 aromatic rings. The van der Waals surface area contributed by atoms with Crippen LogP contribution in [0, 0.1) is 0 Å². The number of nitrogens with zero attached hydrogens (tertiary/aromatic N) is 3. The van der Waals surface area contributed by atoms with Gasteiger partial charge in [-0.1, -0.05) is 17.7 Å². The normalized spacial score (nSPS) is 16.1. The highest BCUT2D eigenvalue weighted by atomic mass is 35.5. The van der Waals surface area contributed by atoms with Crippen LogP contribution in [0.4, 0.5) is 0 Å². The summed E-state index contributed by atoms with van der Waals surface area (Å²) in [5.41, 5.74) is 0.492. The van der Waals surface area contributed by atoms with Crippen molar-refractivity contribution in [3.05, 3.63) is 51.4 Å². The number of hydrogen-bond acceptors (Lipinski definition) is 4. The Balaban J connectivity index is 1.58. The van der Waals surface area contributed by atoms with E-state index in [1.54, 1.807) is 29.7 Å². The molecule has 0 spiro atoms. The molecule has 0 aromatic carbocycles. The van der Waals surface area contributed by atoms with E-state index in [9.17, 15) is 4.79 Å². The van der Waals surface area contributed by atoms with E-state index in [1.165, 1.54) is 4.88 Å². The van der Waals surface area contributed by atoms with Crippen LogP contribution in [0.25, 0.3) is 0 Å². The average Bonchev–Trinajstić information content (AvgIpc) is 3.01. The number of pyridine rings is 1. The highest BCUT2D eigenvalue weighted by Crippen LogP contribution is 2.17. The Bertz CT molecular complexity index is 609. The minimum Gasteiger partial charge on any atom is -0.336 e. The first-order chi connectivity index (χ1) is 10.2. The highest BCUT2D eigenvalue weighted by molar-refractivity contribution is 7.09. The number of thiophene rings is 1. The molecule has 0 saturated carbocycles. The maximum atomic E-state index is 12.4. The lowest BCUT2D eigenvalue weighted by molar-refractivity contribution is 0.0629. The number of hydrogen-bond donors (Lipinski definition) is 0. The lowest BCUT2D eigenvalue weighted by Gasteiger charge is -2.34. The van der Waals surface area contributed by atoms with E-state index in [1.807, 2.05) is 4.90 Å². The van der Waals surface area contributed by atoms with Gasteiger partial charge in [0.2, 0.25) is 0 Å². The van der Waals surface area contributed by atoms with Crippen LogP contribution in [0.2, 0.25) is 5.15 Å². The van der Waals surface area contributed by atoms with Gasteiger partial charge in [-0.25, -0.2) is 4.98 Å². The molecule has 1 aliphatic heterocycles. The summed E-state index contributed by atoms with van der Waals surface area (Å²) in [6.07, 6.45) is 1.60. The van der Waals surface area contributed by atoms with Crippen molar-refractivity contribution < 1.29 is 4.79 Å². The molecule has 4 nitrogen and oxygen atoms in total. The number of halogens is 1. The molecule has 0 N–H and O–H groups in total. The van der Waals surface area contributed by atoms with E-state index in [4.69, 9.17) is 11.6 Å². The maximum absolute atomic E-state index is 12.4. The third kappa shape index (κ3) is 3.43. The quantitative estimate of drug-likeness (QED) is 0.816. The molecule has 0 atom stereocenters. The number of piperazine rings is 1. The molecule has 1 aliphatic rings. The number of rotatable bonds is 3. The van der Waals surface area contributed by atoms with E-state index < -0.39 is 0 Å². The Morgan fingerprint density at radius 3 is 2.71 bits per heavy atom. The van der Waals surface area contributed by atoms with Crippen molar-refractivity contribution in [3.8, 4) is 0 Å². The minimum absolute atomic E-state index is 0.0242. The van der Waals surface area contributed by atoms with Gasteiger partial charge in [-0.3, -0.25) is 9.69 Å². The molecular weight excluding hydrogens is 306 g/mol. The number of carbonyl (C=O) groups is 1. The Morgan fingerprint density at radius 1 is 1.24 bits per heavy atom. The third-order valence-electron chi connectivity index (χ3n) is 3.61. The molecule has 1 fully saturated rings. The van der Waals surface area contributed by atoms with Crippen molar-refractivity contribution in [2.24, 2.45) is 0 Å². The molecule has 3 heterocycles. The van der Waals surface area contributed by atoms with Gasteiger partial charge >= 0.3 is 0 Å². The Morgan fingerprint density at radius 2 is 2.05 bits per heavy atom. The average molecular weight is 322 g/mol. The van der Waals surface area contributed by atoms with E-state index >= 15 is 0 Å². The smallest absolute Gasteiger partial charge is 0.257 e. The van der Waals surface area contributed by atoms with Gasteiger partial charge in [0.05, 0.1) is 5.56 Å². The monoisotopic (exact) mass is 321 g/mol. The standard InChI is InChI=1S/C15H16ClN3OS/c16-14-13(4-1-5-17-14)15(20)19-8-6-18(7-9-19)11-12-3-2-10-21-12/h1-5,10H,6-9,11H2. The first kappa shape index (κ1) is 14.5. The first-order valence-electron chi connectivity index (χ1n) is 6.88. The Kier molecular flexibility index (Phi) is 4.53. The van der Waals surface area contributed by atoms with Crippen LogP contribution in [0.15, 0.2) is 35.8 Å². The molecule has 0 aliphatic carbocycles. The van der Waals surface area contributed by atoms with Crippen molar-refractivity contribution in [2.45, 2.75) is 6.54 Å². The summed E-state index contributed by atoms with van der Waals surface area (Å²) in [6, 6.07) is 7.70. The fourth-order valence-electron chi connectivity index (χ4n) is 2.45. The molecule has 110 valence electrons. The van der Waals surface area contributed by atoms with Crippen LogP contribution in [-0.2, 0) is 6.54 Å². The highest BCUT2D eigenvalue weighted by Gasteiger charge is 2.23. The SMILES string of the molecule is O=C(c1cccnc1Cl)N1CCN(Cc2cccs2)CC1. The summed E-state index contributed by atoms with van der Waals surface area (Å²) in [4.78, 5) is 22.0. The largest absolute Gasteiger partial charge is 0.336 e. The predicted octanol–water partition coefficient (Wildman–Crippen LogP) is 2.75. The summed E-state index contributed by atoms with van der Waals surface area (Å²) < 4.78 is 0. The molecule has 2 aromatic heterocycles. The summed E-state index contributed by atoms with van der Waals surface area (Å²) in [6.45, 7) is 4.21. The lowest BCUT2D eigenvalue weighted by Crippen LogP contribution is -2.48. The van der Waals surface area contributed by atoms with Gasteiger partial charge < -0.3 is 4.90 Å². The molecule has 6 heteroatoms. The first-order valence-corrected chi connectivity index (χ1v) is 8.14. The summed E-state index contributed by atoms with van der Waals surface area (Å²) in [5, 5.41) is 2.38. The zero-order chi connectivity index (χ0) is 14.7. The van der Waals surface area contributed by atoms with Crippen molar-refractivity contribution in [2.75, 3.05) is 26.2 Å². The molecule has 21 heavy (non-hydrogen) atoms. The molecule has 3 rings (SSSR count). The number of aromatic nitrogens is 1. The van der Waals surface area contributed by atoms with E-state index in [0.29, 0.717) is 5.56 Å². The second-order valence-corrected chi connectivity index (χ2v) is 6.38. The lowest BCUT2D eigenvalue weighted by atomic mass is 10.2. The van der Waals surface area contributed by atoms with Gasteiger partial charge in [-0.2, -0.15) is 0 Å². The van der Waals surface area contributed by atoms with Crippen LogP contribution in [0.3, 0.4) is 0 Å². The van der Waals surface area contributed by atoms with Crippen molar-refractivity contribution in [3.63, 3.8) is 0 Å². The van der Waals surface area contributed by atoms with Crippen molar-refractivity contribution in [1.82, 2.24) is 14.8 Å². The Hall–Kier alpha value is -1.43. The fraction of sp³-hybridized carbons (Fsp3) is 0.333. The second kappa shape index (κ2) is 6.56. The second-order valence-electron chi connectivity index (χ2n) is 4.99. The van der Waals surface area contributed by atoms with Gasteiger partial charge in [0.15, 0.2) is 0 Å². The van der Waals surface area contributed by atoms with E-state index in [-0.39, 0.29) is 11.1 Å². The zero-order valence-corrected chi connectivity index (χ0v) is 13.1.